The topological polar surface area (TPSA) is 138 Å². The van der Waals surface area contributed by atoms with E-state index >= 15 is 0 Å². The number of ether oxygens (including phenoxy) is 3. The van der Waals surface area contributed by atoms with Gasteiger partial charge in [0.15, 0.2) is 0 Å². The van der Waals surface area contributed by atoms with Crippen LogP contribution in [-0.2, 0) is 36.6 Å². The van der Waals surface area contributed by atoms with Gasteiger partial charge in [0.1, 0.15) is 11.3 Å². The van der Waals surface area contributed by atoms with Gasteiger partial charge in [0, 0.05) is 17.0 Å². The van der Waals surface area contributed by atoms with E-state index in [1.807, 2.05) is 0 Å². The van der Waals surface area contributed by atoms with Crippen LogP contribution in [0, 0.1) is 10.1 Å². The Hall–Kier alpha value is -2.91. The molecule has 0 aliphatic carbocycles. The predicted molar refractivity (Wildman–Crippen MR) is 102 cm³/mol. The Bertz CT molecular complexity index is 776. The maximum Gasteiger partial charge on any atom is 0.355 e. The number of hydrogen-bond acceptors (Lipinski definition) is 8. The summed E-state index contributed by atoms with van der Waals surface area (Å²) in [5.74, 6) is -2.36. The summed E-state index contributed by atoms with van der Waals surface area (Å²) < 4.78 is 14.8. The number of H-pyrrole nitrogens is 1. The molecule has 29 heavy (non-hydrogen) atoms. The lowest BCUT2D eigenvalue weighted by Crippen LogP contribution is -2.25. The van der Waals surface area contributed by atoms with Gasteiger partial charge in [0.05, 0.1) is 26.6 Å². The first kappa shape index (κ1) is 24.1. The van der Waals surface area contributed by atoms with E-state index in [-0.39, 0.29) is 25.0 Å². The minimum absolute atomic E-state index is 0.0403. The van der Waals surface area contributed by atoms with E-state index in [4.69, 9.17) is 9.47 Å². The second kappa shape index (κ2) is 10.0. The Morgan fingerprint density at radius 2 is 1.69 bits per heavy atom. The molecule has 0 fully saturated rings. The zero-order valence-corrected chi connectivity index (χ0v) is 17.6. The molecule has 1 aromatic heterocycles. The van der Waals surface area contributed by atoms with Crippen LogP contribution in [-0.4, -0.2) is 54.2 Å². The number of nitrogens with one attached hydrogen (secondary N) is 1. The molecule has 0 radical (unpaired) electrons. The first-order chi connectivity index (χ1) is 13.4. The molecular weight excluding hydrogens is 384 g/mol. The van der Waals surface area contributed by atoms with E-state index in [1.54, 1.807) is 27.7 Å². The largest absolute Gasteiger partial charge is 0.469 e. The summed E-state index contributed by atoms with van der Waals surface area (Å²) in [6, 6.07) is 0. The highest BCUT2D eigenvalue weighted by molar-refractivity contribution is 5.91. The fourth-order valence-corrected chi connectivity index (χ4v) is 2.86. The number of nitrogens with zero attached hydrogens (tertiary/aromatic N) is 1. The van der Waals surface area contributed by atoms with E-state index in [0.29, 0.717) is 16.8 Å². The van der Waals surface area contributed by atoms with Crippen LogP contribution in [0.3, 0.4) is 0 Å². The highest BCUT2D eigenvalue weighted by Crippen LogP contribution is 2.29. The molecule has 1 aromatic rings. The second-order valence-corrected chi connectivity index (χ2v) is 7.62. The molecule has 1 atom stereocenters. The van der Waals surface area contributed by atoms with Crippen LogP contribution < -0.4 is 0 Å². The molecule has 0 aliphatic rings. The van der Waals surface area contributed by atoms with Crippen molar-refractivity contribution in [3.05, 3.63) is 32.6 Å². The van der Waals surface area contributed by atoms with Crippen molar-refractivity contribution in [3.63, 3.8) is 0 Å². The molecule has 0 saturated heterocycles. The van der Waals surface area contributed by atoms with Gasteiger partial charge in [-0.3, -0.25) is 19.7 Å². The number of esters is 3. The Morgan fingerprint density at radius 3 is 2.17 bits per heavy atom. The summed E-state index contributed by atoms with van der Waals surface area (Å²) in [4.78, 5) is 49.8. The van der Waals surface area contributed by atoms with Gasteiger partial charge in [-0.25, -0.2) is 4.79 Å². The molecule has 0 spiro atoms. The maximum atomic E-state index is 12.7. The Morgan fingerprint density at radius 1 is 1.10 bits per heavy atom. The van der Waals surface area contributed by atoms with Gasteiger partial charge in [-0.15, -0.1) is 0 Å². The number of methoxy groups -OCH3 is 2. The number of nitro groups is 1. The van der Waals surface area contributed by atoms with E-state index in [0.717, 1.165) is 0 Å². The quantitative estimate of drug-likeness (QED) is 0.282. The fraction of sp³-hybridized carbons (Fsp3) is 0.632. The number of carbonyl (C=O) groups is 3. The highest BCUT2D eigenvalue weighted by atomic mass is 16.6. The normalized spacial score (nSPS) is 12.2. The molecule has 0 aliphatic heterocycles. The molecule has 1 rings (SSSR count). The van der Waals surface area contributed by atoms with Crippen LogP contribution >= 0.6 is 0 Å². The number of rotatable bonds is 9. The van der Waals surface area contributed by atoms with Crippen molar-refractivity contribution < 1.29 is 33.5 Å². The number of aromatic amines is 1. The van der Waals surface area contributed by atoms with Gasteiger partial charge in [-0.1, -0.05) is 6.92 Å². The summed E-state index contributed by atoms with van der Waals surface area (Å²) in [7, 11) is 2.46. The Labute approximate surface area is 169 Å². The van der Waals surface area contributed by atoms with Crippen LogP contribution in [0.5, 0.6) is 0 Å². The molecule has 1 unspecified atom stereocenters. The second-order valence-electron chi connectivity index (χ2n) is 7.62. The van der Waals surface area contributed by atoms with Gasteiger partial charge in [-0.05, 0) is 38.3 Å². The van der Waals surface area contributed by atoms with Gasteiger partial charge in [-0.2, -0.15) is 0 Å². The minimum Gasteiger partial charge on any atom is -0.469 e. The zero-order valence-electron chi connectivity index (χ0n) is 17.6. The smallest absolute Gasteiger partial charge is 0.355 e. The van der Waals surface area contributed by atoms with Gasteiger partial charge < -0.3 is 19.2 Å². The van der Waals surface area contributed by atoms with E-state index < -0.39 is 40.9 Å². The maximum absolute atomic E-state index is 12.7. The predicted octanol–water partition coefficient (Wildman–Crippen LogP) is 2.17. The lowest BCUT2D eigenvalue weighted by Gasteiger charge is -2.19. The van der Waals surface area contributed by atoms with Crippen molar-refractivity contribution in [1.82, 2.24) is 4.98 Å². The van der Waals surface area contributed by atoms with Crippen molar-refractivity contribution >= 4 is 17.9 Å². The monoisotopic (exact) mass is 412 g/mol. The first-order valence-corrected chi connectivity index (χ1v) is 9.12. The summed E-state index contributed by atoms with van der Waals surface area (Å²) in [6.07, 6.45) is -0.152. The lowest BCUT2D eigenvalue weighted by molar-refractivity contribution is -0.482. The average Bonchev–Trinajstić information content (AvgIpc) is 2.95. The summed E-state index contributed by atoms with van der Waals surface area (Å²) >= 11 is 0. The van der Waals surface area contributed by atoms with Gasteiger partial charge in [0.2, 0.25) is 6.54 Å². The van der Waals surface area contributed by atoms with Crippen LogP contribution in [0.25, 0.3) is 0 Å². The van der Waals surface area contributed by atoms with Crippen LogP contribution in [0.1, 0.15) is 67.3 Å². The summed E-state index contributed by atoms with van der Waals surface area (Å²) in [6.45, 7) is 6.31. The van der Waals surface area contributed by atoms with E-state index in [9.17, 15) is 24.5 Å². The van der Waals surface area contributed by atoms with Crippen molar-refractivity contribution in [2.75, 3.05) is 20.8 Å². The average molecular weight is 412 g/mol. The fourth-order valence-electron chi connectivity index (χ4n) is 2.86. The first-order valence-electron chi connectivity index (χ1n) is 9.12. The van der Waals surface area contributed by atoms with Gasteiger partial charge in [0.25, 0.3) is 0 Å². The number of carbonyl (C=O) groups excluding carboxylic acids is 3. The third kappa shape index (κ3) is 7.20. The van der Waals surface area contributed by atoms with E-state index in [2.05, 4.69) is 9.72 Å². The summed E-state index contributed by atoms with van der Waals surface area (Å²) in [5.41, 5.74) is 0.439. The SMILES string of the molecule is COC(=O)CCc1c(C(=O)OC(C)(C)C)[nH]c(C(C)C[N+](=O)[O-])c1CC(=O)OC. The third-order valence-electron chi connectivity index (χ3n) is 4.13. The molecular formula is C19H28N2O8. The number of hydrogen-bond donors (Lipinski definition) is 1. The molecule has 0 aromatic carbocycles. The van der Waals surface area contributed by atoms with Crippen LogP contribution in [0.4, 0.5) is 0 Å². The van der Waals surface area contributed by atoms with E-state index in [1.165, 1.54) is 14.2 Å². The summed E-state index contributed by atoms with van der Waals surface area (Å²) in [5, 5.41) is 11.0. The molecule has 0 bridgehead atoms. The lowest BCUT2D eigenvalue weighted by atomic mass is 9.96. The molecule has 0 amide bonds. The molecule has 1 N–H and O–H groups in total. The Balaban J connectivity index is 3.52. The van der Waals surface area contributed by atoms with Gasteiger partial charge >= 0.3 is 17.9 Å². The van der Waals surface area contributed by atoms with Crippen LogP contribution in [0.2, 0.25) is 0 Å². The third-order valence-corrected chi connectivity index (χ3v) is 4.13. The molecule has 1 heterocycles. The molecule has 162 valence electrons. The highest BCUT2D eigenvalue weighted by Gasteiger charge is 2.30. The molecule has 0 saturated carbocycles. The van der Waals surface area contributed by atoms with Crippen molar-refractivity contribution in [2.45, 2.75) is 58.5 Å². The van der Waals surface area contributed by atoms with Crippen molar-refractivity contribution in [2.24, 2.45) is 0 Å². The molecule has 10 heteroatoms. The Kier molecular flexibility index (Phi) is 8.35. The van der Waals surface area contributed by atoms with Crippen LogP contribution in [0.15, 0.2) is 0 Å². The zero-order chi connectivity index (χ0) is 22.4. The van der Waals surface area contributed by atoms with Crippen molar-refractivity contribution in [1.29, 1.82) is 0 Å². The number of aromatic nitrogens is 1. The van der Waals surface area contributed by atoms with Crippen molar-refractivity contribution in [3.8, 4) is 0 Å². The minimum atomic E-state index is -0.781. The molecule has 10 nitrogen and oxygen atoms in total. The standard InChI is InChI=1S/C19H28N2O8/c1-11(10-21(25)26)16-13(9-15(23)28-6)12(7-8-14(22)27-5)17(20-16)18(24)29-19(2,3)4/h11,20H,7-10H2,1-6H3.